The van der Waals surface area contributed by atoms with Crippen molar-refractivity contribution in [3.8, 4) is 0 Å². The Morgan fingerprint density at radius 2 is 0.682 bits per heavy atom. The van der Waals surface area contributed by atoms with Gasteiger partial charge in [-0.3, -0.25) is 0 Å². The first-order chi connectivity index (χ1) is 10.2. The summed E-state index contributed by atoms with van der Waals surface area (Å²) in [4.78, 5) is 10.7. The Bertz CT molecular complexity index is 639. The van der Waals surface area contributed by atoms with Gasteiger partial charge in [-0.15, -0.1) is 0 Å². The Hall–Kier alpha value is 2.84. The van der Waals surface area contributed by atoms with Crippen molar-refractivity contribution in [2.45, 2.75) is 9.79 Å². The molecule has 0 saturated carbocycles. The third-order valence-electron chi connectivity index (χ3n) is 2.12. The van der Waals surface area contributed by atoms with E-state index in [0.29, 0.717) is 0 Å². The first-order valence-corrected chi connectivity index (χ1v) is 13.5. The molecule has 2 nitrogen and oxygen atoms in total. The van der Waals surface area contributed by atoms with E-state index in [1.54, 1.807) is 21.6 Å². The van der Waals surface area contributed by atoms with Crippen LogP contribution in [-0.4, -0.2) is 9.97 Å². The zero-order valence-electron chi connectivity index (χ0n) is 9.73. The molecule has 0 aliphatic rings. The fourth-order valence-corrected chi connectivity index (χ4v) is 9.95. The van der Waals surface area contributed by atoms with Crippen LogP contribution in [0, 0.1) is 0 Å². The molecule has 2 aromatic rings. The van der Waals surface area contributed by atoms with E-state index in [-0.39, 0.29) is 0 Å². The van der Waals surface area contributed by atoms with Crippen LogP contribution in [-0.2, 0) is 0 Å². The van der Waals surface area contributed by atoms with Gasteiger partial charge in [0.05, 0.1) is 27.7 Å². The third kappa shape index (κ3) is 4.76. The Morgan fingerprint density at radius 1 is 0.455 bits per heavy atom. The van der Waals surface area contributed by atoms with Crippen LogP contribution in [0.4, 0.5) is 0 Å². The van der Waals surface area contributed by atoms with Crippen molar-refractivity contribution in [3.63, 3.8) is 0 Å². The summed E-state index contributed by atoms with van der Waals surface area (Å²) >= 11 is 28.0. The molecule has 0 unspecified atom stereocenters. The second-order valence-corrected chi connectivity index (χ2v) is 11.8. The molecule has 0 bridgehead atoms. The maximum Gasteiger partial charge on any atom is 0.122 e. The van der Waals surface area contributed by atoms with Crippen LogP contribution in [0.1, 0.15) is 0 Å². The second kappa shape index (κ2) is 9.16. The van der Waals surface area contributed by atoms with Gasteiger partial charge in [0.1, 0.15) is 18.4 Å². The summed E-state index contributed by atoms with van der Waals surface area (Å²) in [6.45, 7) is 0. The van der Waals surface area contributed by atoms with Gasteiger partial charge in [-0.1, -0.05) is 0 Å². The molecule has 0 aliphatic heterocycles. The Balaban J connectivity index is 2.40. The van der Waals surface area contributed by atoms with Gasteiger partial charge in [-0.05, 0) is 149 Å². The third-order valence-corrected chi connectivity index (χ3v) is 13.2. The Morgan fingerprint density at radius 3 is 0.909 bits per heavy atom. The molecule has 0 aliphatic carbocycles. The lowest BCUT2D eigenvalue weighted by molar-refractivity contribution is 1.12. The number of hydrogen-bond donors (Lipinski definition) is 0. The minimum absolute atomic E-state index is 0.737. The lowest BCUT2D eigenvalue weighted by atomic mass is 10.5. The van der Waals surface area contributed by atoms with Gasteiger partial charge < -0.3 is 0 Å². The number of hydrogen-bond acceptors (Lipinski definition) is 4. The first-order valence-electron chi connectivity index (χ1n) is 4.98. The van der Waals surface area contributed by atoms with Gasteiger partial charge in [0.25, 0.3) is 0 Å². The van der Waals surface area contributed by atoms with E-state index < -0.39 is 0 Å². The van der Waals surface area contributed by atoms with Crippen LogP contribution < -0.4 is 0 Å². The SMILES string of the molecule is Brc1nc(Br)c(Br)c(SSc2c(Br)c(Br)nc(Br)c2Br)c1Br. The summed E-state index contributed by atoms with van der Waals surface area (Å²) < 4.78 is 6.50. The zero-order valence-corrected chi connectivity index (χ0v) is 24.1. The van der Waals surface area contributed by atoms with E-state index >= 15 is 0 Å². The fraction of sp³-hybridized carbons (Fsp3) is 0. The topological polar surface area (TPSA) is 25.8 Å². The standard InChI is InChI=1S/C10Br8N2S2/c11-1-5(2(12)8(16)19-7(1)15)21-22-6-3(13)9(17)20-10(18)4(6)14. The highest BCUT2D eigenvalue weighted by atomic mass is 79.9. The normalized spacial score (nSPS) is 11.1. The zero-order chi connectivity index (χ0) is 16.6. The maximum absolute atomic E-state index is 4.33. The van der Waals surface area contributed by atoms with Crippen LogP contribution in [0.2, 0.25) is 0 Å². The quantitative estimate of drug-likeness (QED) is 0.227. The van der Waals surface area contributed by atoms with Gasteiger partial charge in [-0.25, -0.2) is 9.97 Å². The number of rotatable bonds is 3. The minimum atomic E-state index is 0.737. The van der Waals surface area contributed by atoms with Crippen molar-refractivity contribution >= 4 is 149 Å². The summed E-state index contributed by atoms with van der Waals surface area (Å²) in [5.41, 5.74) is 0. The van der Waals surface area contributed by atoms with Crippen molar-refractivity contribution in [3.05, 3.63) is 36.3 Å². The Kier molecular flexibility index (Phi) is 8.81. The molecule has 2 heterocycles. The highest BCUT2D eigenvalue weighted by Gasteiger charge is 2.19. The monoisotopic (exact) mass is 843 g/mol. The average Bonchev–Trinajstić information content (AvgIpc) is 2.46. The molecule has 0 radical (unpaired) electrons. The van der Waals surface area contributed by atoms with E-state index in [2.05, 4.69) is 137 Å². The van der Waals surface area contributed by atoms with Crippen molar-refractivity contribution in [1.82, 2.24) is 9.97 Å². The number of pyridine rings is 2. The summed E-state index contributed by atoms with van der Waals surface area (Å²) in [5.74, 6) is 0. The largest absolute Gasteiger partial charge is 0.232 e. The van der Waals surface area contributed by atoms with E-state index in [0.717, 1.165) is 46.1 Å². The predicted octanol–water partition coefficient (Wildman–Crippen LogP) is 9.38. The molecule has 0 N–H and O–H groups in total. The van der Waals surface area contributed by atoms with Crippen LogP contribution >= 0.6 is 149 Å². The number of halogens is 8. The summed E-state index contributed by atoms with van der Waals surface area (Å²) in [5, 5.41) is 0. The van der Waals surface area contributed by atoms with E-state index in [1.807, 2.05) is 0 Å². The van der Waals surface area contributed by atoms with Crippen molar-refractivity contribution in [1.29, 1.82) is 0 Å². The highest BCUT2D eigenvalue weighted by molar-refractivity contribution is 9.14. The van der Waals surface area contributed by atoms with E-state index in [9.17, 15) is 0 Å². The van der Waals surface area contributed by atoms with Gasteiger partial charge in [0.2, 0.25) is 0 Å². The van der Waals surface area contributed by atoms with Crippen LogP contribution in [0.25, 0.3) is 0 Å². The van der Waals surface area contributed by atoms with Gasteiger partial charge in [0.15, 0.2) is 0 Å². The van der Waals surface area contributed by atoms with Crippen molar-refractivity contribution in [2.75, 3.05) is 0 Å². The lowest BCUT2D eigenvalue weighted by Gasteiger charge is -2.12. The highest BCUT2D eigenvalue weighted by Crippen LogP contribution is 2.52. The van der Waals surface area contributed by atoms with Crippen LogP contribution in [0.3, 0.4) is 0 Å². The summed E-state index contributed by atoms with van der Waals surface area (Å²) in [7, 11) is 3.19. The molecule has 22 heavy (non-hydrogen) atoms. The molecule has 0 amide bonds. The molecule has 2 rings (SSSR count). The molecule has 12 heteroatoms. The predicted molar refractivity (Wildman–Crippen MR) is 122 cm³/mol. The molecule has 118 valence electrons. The lowest BCUT2D eigenvalue weighted by Crippen LogP contribution is -1.88. The van der Waals surface area contributed by atoms with Gasteiger partial charge in [-0.2, -0.15) is 0 Å². The molecular formula is C10Br8N2S2. The minimum Gasteiger partial charge on any atom is -0.232 e. The fourth-order valence-electron chi connectivity index (χ4n) is 1.17. The Labute approximate surface area is 202 Å². The molecule has 0 saturated heterocycles. The first kappa shape index (κ1) is 21.1. The van der Waals surface area contributed by atoms with Crippen molar-refractivity contribution in [2.24, 2.45) is 0 Å². The number of aromatic nitrogens is 2. The average molecular weight is 851 g/mol. The molecular weight excluding hydrogens is 851 g/mol. The smallest absolute Gasteiger partial charge is 0.122 e. The maximum atomic E-state index is 4.33. The summed E-state index contributed by atoms with van der Waals surface area (Å²) in [6, 6.07) is 0. The molecule has 0 fully saturated rings. The van der Waals surface area contributed by atoms with Gasteiger partial charge >= 0.3 is 0 Å². The summed E-state index contributed by atoms with van der Waals surface area (Å²) in [6.07, 6.45) is 0. The second-order valence-electron chi connectivity index (χ2n) is 3.47. The van der Waals surface area contributed by atoms with Crippen molar-refractivity contribution < 1.29 is 0 Å². The molecule has 0 spiro atoms. The van der Waals surface area contributed by atoms with Gasteiger partial charge in [0, 0.05) is 0 Å². The molecule has 0 aromatic carbocycles. The molecule has 0 atom stereocenters. The van der Waals surface area contributed by atoms with Crippen LogP contribution in [0.15, 0.2) is 46.1 Å². The molecule has 2 aromatic heterocycles. The van der Waals surface area contributed by atoms with E-state index in [4.69, 9.17) is 0 Å². The van der Waals surface area contributed by atoms with Crippen LogP contribution in [0.5, 0.6) is 0 Å². The van der Waals surface area contributed by atoms with E-state index in [1.165, 1.54) is 0 Å². The number of nitrogens with zero attached hydrogens (tertiary/aromatic N) is 2.